The number of hydrogen-bond acceptors (Lipinski definition) is 2. The van der Waals surface area contributed by atoms with Gasteiger partial charge in [-0.15, -0.1) is 0 Å². The maximum Gasteiger partial charge on any atom is 0.250 e. The van der Waals surface area contributed by atoms with Gasteiger partial charge in [0.2, 0.25) is 0 Å². The third kappa shape index (κ3) is 5.03. The Balaban J connectivity index is 2.47. The topological polar surface area (TPSA) is 18.5 Å². The van der Waals surface area contributed by atoms with Gasteiger partial charge in [-0.1, -0.05) is 53.7 Å². The predicted octanol–water partition coefficient (Wildman–Crippen LogP) is 9.97. The highest BCUT2D eigenvalue weighted by atomic mass is 127. The van der Waals surface area contributed by atoms with Crippen LogP contribution >= 0.6 is 45.2 Å². The predicted molar refractivity (Wildman–Crippen MR) is 163 cm³/mol. The van der Waals surface area contributed by atoms with Gasteiger partial charge in [-0.2, -0.15) is 0 Å². The van der Waals surface area contributed by atoms with Gasteiger partial charge >= 0.3 is 0 Å². The molecule has 0 fully saturated rings. The summed E-state index contributed by atoms with van der Waals surface area (Å²) in [6.45, 7) is 23.1. The van der Waals surface area contributed by atoms with Crippen LogP contribution in [0.4, 0.5) is 0 Å². The van der Waals surface area contributed by atoms with Crippen LogP contribution in [-0.2, 0) is 0 Å². The van der Waals surface area contributed by atoms with Crippen molar-refractivity contribution in [2.45, 2.75) is 77.8 Å². The minimum absolute atomic E-state index is 0.0928. The van der Waals surface area contributed by atoms with Crippen molar-refractivity contribution in [3.05, 3.63) is 43.5 Å². The van der Waals surface area contributed by atoms with E-state index in [1.165, 1.54) is 17.9 Å². The maximum absolute atomic E-state index is 7.10. The van der Waals surface area contributed by atoms with Gasteiger partial charge in [-0.25, -0.2) is 0 Å². The van der Waals surface area contributed by atoms with E-state index in [0.717, 1.165) is 22.3 Å². The molecule has 0 spiro atoms. The van der Waals surface area contributed by atoms with Gasteiger partial charge in [0.05, 0.1) is 0 Å². The average molecular weight is 691 g/mol. The van der Waals surface area contributed by atoms with Gasteiger partial charge in [-0.3, -0.25) is 0 Å². The fourth-order valence-electron chi connectivity index (χ4n) is 3.14. The van der Waals surface area contributed by atoms with E-state index in [2.05, 4.69) is 149 Å². The normalized spacial score (nSPS) is 13.6. The van der Waals surface area contributed by atoms with Crippen molar-refractivity contribution in [2.75, 3.05) is 0 Å². The first-order valence-corrected chi connectivity index (χ1v) is 19.1. The molecule has 3 rings (SSSR count). The Morgan fingerprint density at radius 3 is 1.16 bits per heavy atom. The van der Waals surface area contributed by atoms with Crippen molar-refractivity contribution in [3.63, 3.8) is 0 Å². The lowest BCUT2D eigenvalue weighted by molar-refractivity contribution is 0.447. The molecule has 0 saturated carbocycles. The Morgan fingerprint density at radius 2 is 0.875 bits per heavy atom. The fraction of sp³-hybridized carbons (Fsp3) is 0.462. The molecule has 0 radical (unpaired) electrons. The number of rotatable bonds is 4. The van der Waals surface area contributed by atoms with Crippen molar-refractivity contribution >= 4 is 83.4 Å². The summed E-state index contributed by atoms with van der Waals surface area (Å²) in [4.78, 5) is 0. The number of benzene rings is 3. The fourth-order valence-corrected chi connectivity index (χ4v) is 6.16. The van der Waals surface area contributed by atoms with Crippen LogP contribution in [0.5, 0.6) is 11.5 Å². The number of hydrogen-bond donors (Lipinski definition) is 0. The molecule has 174 valence electrons. The molecule has 0 N–H and O–H groups in total. The summed E-state index contributed by atoms with van der Waals surface area (Å²) in [6.07, 6.45) is 0. The molecule has 0 aromatic heterocycles. The molecule has 0 amide bonds. The zero-order chi connectivity index (χ0) is 24.3. The first kappa shape index (κ1) is 26.3. The van der Waals surface area contributed by atoms with E-state index < -0.39 is 16.6 Å². The molecule has 3 aromatic rings. The van der Waals surface area contributed by atoms with Crippen molar-refractivity contribution in [1.82, 2.24) is 0 Å². The summed E-state index contributed by atoms with van der Waals surface area (Å²) in [7, 11) is -4.21. The number of fused-ring (bicyclic) bond motifs is 3. The molecule has 0 saturated heterocycles. The molecule has 0 heterocycles. The second kappa shape index (κ2) is 8.71. The summed E-state index contributed by atoms with van der Waals surface area (Å²) >= 11 is 4.80. The van der Waals surface area contributed by atoms with Crippen molar-refractivity contribution in [3.8, 4) is 11.5 Å². The van der Waals surface area contributed by atoms with E-state index in [4.69, 9.17) is 8.85 Å². The highest BCUT2D eigenvalue weighted by Gasteiger charge is 2.43. The van der Waals surface area contributed by atoms with Crippen LogP contribution in [-0.4, -0.2) is 16.6 Å². The molecule has 6 heteroatoms. The first-order chi connectivity index (χ1) is 14.4. The van der Waals surface area contributed by atoms with Crippen molar-refractivity contribution < 1.29 is 8.85 Å². The van der Waals surface area contributed by atoms with Crippen LogP contribution in [0.15, 0.2) is 36.4 Å². The van der Waals surface area contributed by atoms with E-state index >= 15 is 0 Å². The summed E-state index contributed by atoms with van der Waals surface area (Å²) < 4.78 is 16.6. The molecule has 0 bridgehead atoms. The third-order valence-electron chi connectivity index (χ3n) is 7.28. The number of halogens is 2. The second-order valence-corrected chi connectivity index (χ2v) is 23.7. The Morgan fingerprint density at radius 1 is 0.562 bits per heavy atom. The monoisotopic (exact) mass is 690 g/mol. The van der Waals surface area contributed by atoms with Gasteiger partial charge in [-0.05, 0) is 116 Å². The molecular weight excluding hydrogens is 654 g/mol. The van der Waals surface area contributed by atoms with Crippen LogP contribution in [0, 0.1) is 7.14 Å². The lowest BCUT2D eigenvalue weighted by Gasteiger charge is -2.40. The zero-order valence-corrected chi connectivity index (χ0v) is 27.4. The van der Waals surface area contributed by atoms with Gasteiger partial charge < -0.3 is 8.85 Å². The van der Waals surface area contributed by atoms with E-state index in [0.29, 0.717) is 0 Å². The SMILES string of the molecule is CC(C)(C)[Si](C)(C)Oc1c(O[Si](C)(C)C(C)(C)C)c2cc(I)ccc2c2ccc(I)cc12. The molecule has 0 unspecified atom stereocenters. The Bertz CT molecular complexity index is 1080. The van der Waals surface area contributed by atoms with Crippen LogP contribution in [0.25, 0.3) is 21.5 Å². The molecule has 0 aliphatic heterocycles. The highest BCUT2D eigenvalue weighted by Crippen LogP contribution is 2.50. The molecule has 3 aromatic carbocycles. The van der Waals surface area contributed by atoms with E-state index in [1.54, 1.807) is 0 Å². The van der Waals surface area contributed by atoms with Crippen LogP contribution in [0.2, 0.25) is 36.3 Å². The summed E-state index contributed by atoms with van der Waals surface area (Å²) in [6, 6.07) is 13.4. The van der Waals surface area contributed by atoms with Crippen LogP contribution in [0.3, 0.4) is 0 Å². The summed E-state index contributed by atoms with van der Waals surface area (Å²) in [5.74, 6) is 1.87. The van der Waals surface area contributed by atoms with Gasteiger partial charge in [0.15, 0.2) is 11.5 Å². The molecule has 0 atom stereocenters. The minimum Gasteiger partial charge on any atom is -0.541 e. The van der Waals surface area contributed by atoms with Crippen molar-refractivity contribution in [2.24, 2.45) is 0 Å². The standard InChI is InChI=1S/C26H36I2O2Si2/c1-25(2,3)31(7,8)29-23-21-15-17(27)11-13-19(21)20-14-12-18(28)16-22(20)24(23)30-32(9,10)26(4,5)6/h11-16H,1-10H3. The van der Waals surface area contributed by atoms with Crippen LogP contribution in [0.1, 0.15) is 41.5 Å². The minimum atomic E-state index is -2.10. The molecular formula is C26H36I2O2Si2. The molecule has 2 nitrogen and oxygen atoms in total. The van der Waals surface area contributed by atoms with Crippen LogP contribution < -0.4 is 8.85 Å². The summed E-state index contributed by atoms with van der Waals surface area (Å²) in [5, 5.41) is 4.96. The van der Waals surface area contributed by atoms with E-state index in [-0.39, 0.29) is 10.1 Å². The van der Waals surface area contributed by atoms with Crippen molar-refractivity contribution in [1.29, 1.82) is 0 Å². The van der Waals surface area contributed by atoms with E-state index in [1.807, 2.05) is 0 Å². The van der Waals surface area contributed by atoms with Gasteiger partial charge in [0, 0.05) is 17.9 Å². The lowest BCUT2D eigenvalue weighted by Crippen LogP contribution is -2.45. The third-order valence-corrected chi connectivity index (χ3v) is 17.3. The quantitative estimate of drug-likeness (QED) is 0.154. The Hall–Kier alpha value is -0.326. The Kier molecular flexibility index (Phi) is 7.16. The maximum atomic E-state index is 7.10. The average Bonchev–Trinajstić information content (AvgIpc) is 2.62. The molecule has 32 heavy (non-hydrogen) atoms. The summed E-state index contributed by atoms with van der Waals surface area (Å²) in [5.41, 5.74) is 0. The highest BCUT2D eigenvalue weighted by molar-refractivity contribution is 14.1. The van der Waals surface area contributed by atoms with Gasteiger partial charge in [0.25, 0.3) is 16.6 Å². The largest absolute Gasteiger partial charge is 0.541 e. The molecule has 0 aliphatic rings. The smallest absolute Gasteiger partial charge is 0.250 e. The zero-order valence-electron chi connectivity index (χ0n) is 21.0. The second-order valence-electron chi connectivity index (χ2n) is 11.8. The lowest BCUT2D eigenvalue weighted by atomic mass is 10.0. The molecule has 0 aliphatic carbocycles. The Labute approximate surface area is 223 Å². The van der Waals surface area contributed by atoms with E-state index in [9.17, 15) is 0 Å². The van der Waals surface area contributed by atoms with Gasteiger partial charge in [0.1, 0.15) is 0 Å². The first-order valence-electron chi connectivity index (χ1n) is 11.2.